The number of H-pyrrole nitrogens is 1. The number of aryl methyl sites for hydroxylation is 1. The van der Waals surface area contributed by atoms with Gasteiger partial charge >= 0.3 is 0 Å². The molecule has 0 aliphatic carbocycles. The van der Waals surface area contributed by atoms with E-state index in [4.69, 9.17) is 12.2 Å². The van der Waals surface area contributed by atoms with Gasteiger partial charge in [-0.25, -0.2) is 14.5 Å². The standard InChI is InChI=1S/C6H6N4S/c1-4-2-9-10-5(4)7-3-8-6(10)11/h2-3,9H,1H3. The average molecular weight is 166 g/mol. The third-order valence-corrected chi connectivity index (χ3v) is 1.80. The summed E-state index contributed by atoms with van der Waals surface area (Å²) in [5.41, 5.74) is 1.91. The molecule has 0 unspecified atom stereocenters. The molecule has 0 bridgehead atoms. The molecule has 0 saturated carbocycles. The zero-order valence-electron chi connectivity index (χ0n) is 5.90. The van der Waals surface area contributed by atoms with E-state index in [-0.39, 0.29) is 0 Å². The molecule has 2 rings (SSSR count). The maximum Gasteiger partial charge on any atom is 0.222 e. The summed E-state index contributed by atoms with van der Waals surface area (Å²) in [7, 11) is 0. The van der Waals surface area contributed by atoms with Gasteiger partial charge in [0.15, 0.2) is 5.65 Å². The fourth-order valence-electron chi connectivity index (χ4n) is 0.959. The molecule has 5 heteroatoms. The van der Waals surface area contributed by atoms with Gasteiger partial charge in [0.1, 0.15) is 6.33 Å². The van der Waals surface area contributed by atoms with Gasteiger partial charge in [0.05, 0.1) is 0 Å². The summed E-state index contributed by atoms with van der Waals surface area (Å²) in [5.74, 6) is 0. The summed E-state index contributed by atoms with van der Waals surface area (Å²) in [4.78, 5) is 7.91. The van der Waals surface area contributed by atoms with E-state index in [1.54, 1.807) is 4.52 Å². The second-order valence-corrected chi connectivity index (χ2v) is 2.64. The first-order valence-electron chi connectivity index (χ1n) is 3.17. The number of nitrogens with one attached hydrogen (secondary N) is 1. The lowest BCUT2D eigenvalue weighted by molar-refractivity contribution is 0.872. The molecule has 2 heterocycles. The van der Waals surface area contributed by atoms with Gasteiger partial charge < -0.3 is 0 Å². The van der Waals surface area contributed by atoms with Crippen molar-refractivity contribution >= 4 is 17.9 Å². The van der Waals surface area contributed by atoms with E-state index < -0.39 is 0 Å². The Labute approximate surface area is 67.9 Å². The van der Waals surface area contributed by atoms with Crippen molar-refractivity contribution < 1.29 is 0 Å². The van der Waals surface area contributed by atoms with Crippen LogP contribution in [0, 0.1) is 11.7 Å². The number of hydrogen-bond acceptors (Lipinski definition) is 3. The largest absolute Gasteiger partial charge is 0.297 e. The van der Waals surface area contributed by atoms with Gasteiger partial charge in [-0.2, -0.15) is 0 Å². The highest BCUT2D eigenvalue weighted by Gasteiger charge is 1.98. The molecule has 0 spiro atoms. The fourth-order valence-corrected chi connectivity index (χ4v) is 1.15. The van der Waals surface area contributed by atoms with Crippen molar-refractivity contribution in [2.75, 3.05) is 0 Å². The van der Waals surface area contributed by atoms with Crippen LogP contribution in [-0.4, -0.2) is 19.6 Å². The van der Waals surface area contributed by atoms with Crippen LogP contribution in [0.5, 0.6) is 0 Å². The van der Waals surface area contributed by atoms with E-state index in [0.29, 0.717) is 4.77 Å². The number of nitrogens with zero attached hydrogens (tertiary/aromatic N) is 3. The van der Waals surface area contributed by atoms with Crippen molar-refractivity contribution in [3.05, 3.63) is 22.9 Å². The molecule has 0 radical (unpaired) electrons. The summed E-state index contributed by atoms with van der Waals surface area (Å²) in [6, 6.07) is 0. The average Bonchev–Trinajstić information content (AvgIpc) is 2.35. The predicted molar refractivity (Wildman–Crippen MR) is 42.9 cm³/mol. The summed E-state index contributed by atoms with van der Waals surface area (Å²) in [5, 5.41) is 2.94. The van der Waals surface area contributed by atoms with Gasteiger partial charge in [-0.05, 0) is 19.1 Å². The lowest BCUT2D eigenvalue weighted by atomic mass is 10.4. The fraction of sp³-hybridized carbons (Fsp3) is 0.167. The van der Waals surface area contributed by atoms with Crippen molar-refractivity contribution in [1.82, 2.24) is 19.6 Å². The van der Waals surface area contributed by atoms with Crippen LogP contribution in [0.1, 0.15) is 5.56 Å². The van der Waals surface area contributed by atoms with Crippen LogP contribution >= 0.6 is 12.2 Å². The monoisotopic (exact) mass is 166 g/mol. The van der Waals surface area contributed by atoms with Crippen LogP contribution in [0.15, 0.2) is 12.5 Å². The van der Waals surface area contributed by atoms with Crippen LogP contribution < -0.4 is 0 Å². The molecule has 1 N–H and O–H groups in total. The first-order valence-corrected chi connectivity index (χ1v) is 3.57. The highest BCUT2D eigenvalue weighted by molar-refractivity contribution is 7.71. The summed E-state index contributed by atoms with van der Waals surface area (Å²) in [6.07, 6.45) is 3.32. The number of aromatic amines is 1. The Morgan fingerprint density at radius 3 is 3.09 bits per heavy atom. The van der Waals surface area contributed by atoms with Gasteiger partial charge in [0.25, 0.3) is 0 Å². The molecule has 0 aromatic carbocycles. The second kappa shape index (κ2) is 2.13. The topological polar surface area (TPSA) is 46.0 Å². The first kappa shape index (κ1) is 6.48. The van der Waals surface area contributed by atoms with E-state index in [1.165, 1.54) is 6.33 Å². The molecule has 0 aliphatic heterocycles. The summed E-state index contributed by atoms with van der Waals surface area (Å²) < 4.78 is 2.17. The molecule has 0 fully saturated rings. The highest BCUT2D eigenvalue weighted by atomic mass is 32.1. The van der Waals surface area contributed by atoms with Crippen molar-refractivity contribution in [2.24, 2.45) is 0 Å². The smallest absolute Gasteiger partial charge is 0.222 e. The maximum atomic E-state index is 4.95. The van der Waals surface area contributed by atoms with Gasteiger partial charge in [0.2, 0.25) is 4.77 Å². The zero-order valence-corrected chi connectivity index (χ0v) is 6.72. The van der Waals surface area contributed by atoms with Crippen molar-refractivity contribution in [3.63, 3.8) is 0 Å². The van der Waals surface area contributed by atoms with Gasteiger partial charge in [-0.3, -0.25) is 5.10 Å². The summed E-state index contributed by atoms with van der Waals surface area (Å²) >= 11 is 4.95. The Kier molecular flexibility index (Phi) is 1.25. The molecule has 0 atom stereocenters. The molecule has 0 amide bonds. The Morgan fingerprint density at radius 2 is 2.36 bits per heavy atom. The lowest BCUT2D eigenvalue weighted by Gasteiger charge is -1.90. The Hall–Kier alpha value is -1.23. The maximum absolute atomic E-state index is 4.95. The van der Waals surface area contributed by atoms with Crippen LogP contribution in [0.2, 0.25) is 0 Å². The van der Waals surface area contributed by atoms with Crippen molar-refractivity contribution in [1.29, 1.82) is 0 Å². The number of hydrogen-bond donors (Lipinski definition) is 1. The SMILES string of the molecule is Cc1c[nH]n2c(=S)ncnc12. The minimum absolute atomic E-state index is 0.503. The van der Waals surface area contributed by atoms with E-state index >= 15 is 0 Å². The second-order valence-electron chi connectivity index (χ2n) is 2.27. The molecule has 0 saturated heterocycles. The molecular formula is C6H6N4S. The molecular weight excluding hydrogens is 160 g/mol. The molecule has 2 aromatic rings. The molecule has 4 nitrogen and oxygen atoms in total. The number of aromatic nitrogens is 4. The molecule has 2 aromatic heterocycles. The normalized spacial score (nSPS) is 10.6. The highest BCUT2D eigenvalue weighted by Crippen LogP contribution is 2.03. The van der Waals surface area contributed by atoms with Crippen molar-refractivity contribution in [3.8, 4) is 0 Å². The van der Waals surface area contributed by atoms with Crippen LogP contribution in [0.25, 0.3) is 5.65 Å². The minimum Gasteiger partial charge on any atom is -0.297 e. The van der Waals surface area contributed by atoms with Gasteiger partial charge in [-0.15, -0.1) is 0 Å². The zero-order chi connectivity index (χ0) is 7.84. The van der Waals surface area contributed by atoms with Crippen LogP contribution in [-0.2, 0) is 0 Å². The molecule has 56 valence electrons. The Morgan fingerprint density at radius 1 is 1.55 bits per heavy atom. The van der Waals surface area contributed by atoms with Gasteiger partial charge in [0, 0.05) is 11.8 Å². The van der Waals surface area contributed by atoms with Crippen LogP contribution in [0.4, 0.5) is 0 Å². The van der Waals surface area contributed by atoms with Crippen LogP contribution in [0.3, 0.4) is 0 Å². The van der Waals surface area contributed by atoms with Gasteiger partial charge in [-0.1, -0.05) is 0 Å². The predicted octanol–water partition coefficient (Wildman–Crippen LogP) is 1.10. The third kappa shape index (κ3) is 0.848. The van der Waals surface area contributed by atoms with E-state index in [9.17, 15) is 0 Å². The molecule has 11 heavy (non-hydrogen) atoms. The Bertz CT molecular complexity index is 441. The number of fused-ring (bicyclic) bond motifs is 1. The molecule has 0 aliphatic rings. The minimum atomic E-state index is 0.503. The third-order valence-electron chi connectivity index (χ3n) is 1.51. The van der Waals surface area contributed by atoms with E-state index in [1.807, 2.05) is 13.1 Å². The lowest BCUT2D eigenvalue weighted by Crippen LogP contribution is -1.93. The van der Waals surface area contributed by atoms with E-state index in [0.717, 1.165) is 11.2 Å². The van der Waals surface area contributed by atoms with E-state index in [2.05, 4.69) is 15.1 Å². The first-order chi connectivity index (χ1) is 5.29. The van der Waals surface area contributed by atoms with Crippen molar-refractivity contribution in [2.45, 2.75) is 6.92 Å². The Balaban J connectivity index is 3.06. The number of rotatable bonds is 0. The quantitative estimate of drug-likeness (QED) is 0.596. The summed E-state index contributed by atoms with van der Waals surface area (Å²) in [6.45, 7) is 1.97.